The average molecular weight is 385 g/mol. The Hall–Kier alpha value is -2.38. The number of fused-ring (bicyclic) bond motifs is 2. The van der Waals surface area contributed by atoms with Gasteiger partial charge in [0, 0.05) is 24.0 Å². The van der Waals surface area contributed by atoms with Crippen molar-refractivity contribution in [1.29, 1.82) is 0 Å². The summed E-state index contributed by atoms with van der Waals surface area (Å²) in [5.41, 5.74) is 7.41. The highest BCUT2D eigenvalue weighted by Crippen LogP contribution is 2.57. The molecule has 2 aromatic carbocycles. The van der Waals surface area contributed by atoms with Crippen molar-refractivity contribution in [3.63, 3.8) is 0 Å². The molecule has 2 aromatic rings. The Kier molecular flexibility index (Phi) is 4.65. The number of ether oxygens (including phenoxy) is 1. The molecule has 1 amide bonds. The molecule has 5 nitrogen and oxygen atoms in total. The van der Waals surface area contributed by atoms with Gasteiger partial charge in [-0.1, -0.05) is 42.1 Å². The number of nitrogens with zero attached hydrogens (tertiary/aromatic N) is 2. The van der Waals surface area contributed by atoms with Gasteiger partial charge < -0.3 is 10.5 Å². The van der Waals surface area contributed by atoms with Crippen LogP contribution in [0.4, 0.5) is 4.39 Å². The van der Waals surface area contributed by atoms with Gasteiger partial charge >= 0.3 is 0 Å². The molecule has 4 rings (SSSR count). The van der Waals surface area contributed by atoms with Crippen LogP contribution < -0.4 is 10.5 Å². The van der Waals surface area contributed by atoms with Crippen LogP contribution in [0, 0.1) is 11.7 Å². The largest absolute Gasteiger partial charge is 0.493 e. The number of para-hydroxylation sites is 1. The SMILES string of the molecule is CC(=O)N1N=C(c2cccc(F)c2)S[C@]12c1ccccc1OC[C@@H]2CCN. The van der Waals surface area contributed by atoms with Gasteiger partial charge in [0.1, 0.15) is 16.6 Å². The van der Waals surface area contributed by atoms with Crippen molar-refractivity contribution in [2.45, 2.75) is 18.2 Å². The Morgan fingerprint density at radius 1 is 1.37 bits per heavy atom. The number of amides is 1. The van der Waals surface area contributed by atoms with Crippen LogP contribution in [0.5, 0.6) is 5.75 Å². The molecule has 2 aliphatic heterocycles. The van der Waals surface area contributed by atoms with Crippen molar-refractivity contribution in [2.24, 2.45) is 16.8 Å². The highest BCUT2D eigenvalue weighted by Gasteiger charge is 2.56. The summed E-state index contributed by atoms with van der Waals surface area (Å²) in [4.78, 5) is 11.8. The van der Waals surface area contributed by atoms with Crippen LogP contribution in [0.25, 0.3) is 0 Å². The lowest BCUT2D eigenvalue weighted by atomic mass is 9.86. The summed E-state index contributed by atoms with van der Waals surface area (Å²) >= 11 is 1.48. The van der Waals surface area contributed by atoms with Gasteiger partial charge in [0.15, 0.2) is 4.87 Å². The minimum atomic E-state index is -0.748. The molecule has 0 bridgehead atoms. The normalized spacial score (nSPS) is 23.7. The third-order valence-electron chi connectivity index (χ3n) is 4.91. The molecule has 0 saturated heterocycles. The van der Waals surface area contributed by atoms with Crippen LogP contribution in [0.2, 0.25) is 0 Å². The third kappa shape index (κ3) is 2.91. The number of thioether (sulfide) groups is 1. The van der Waals surface area contributed by atoms with Crippen molar-refractivity contribution < 1.29 is 13.9 Å². The number of hydrogen-bond donors (Lipinski definition) is 1. The van der Waals surface area contributed by atoms with Gasteiger partial charge in [-0.2, -0.15) is 5.10 Å². The highest BCUT2D eigenvalue weighted by atomic mass is 32.2. The van der Waals surface area contributed by atoms with E-state index in [9.17, 15) is 9.18 Å². The maximum absolute atomic E-state index is 13.8. The predicted molar refractivity (Wildman–Crippen MR) is 104 cm³/mol. The molecular formula is C20H20FN3O2S. The van der Waals surface area contributed by atoms with E-state index >= 15 is 0 Å². The lowest BCUT2D eigenvalue weighted by Crippen LogP contribution is -2.51. The topological polar surface area (TPSA) is 67.9 Å². The van der Waals surface area contributed by atoms with Crippen LogP contribution in [0.3, 0.4) is 0 Å². The molecule has 0 radical (unpaired) electrons. The first-order valence-electron chi connectivity index (χ1n) is 8.83. The molecule has 140 valence electrons. The first-order chi connectivity index (χ1) is 13.1. The van der Waals surface area contributed by atoms with Gasteiger partial charge in [0.2, 0.25) is 5.91 Å². The highest BCUT2D eigenvalue weighted by molar-refractivity contribution is 8.15. The fraction of sp³-hybridized carbons (Fsp3) is 0.300. The Balaban J connectivity index is 1.87. The van der Waals surface area contributed by atoms with Crippen molar-refractivity contribution in [3.05, 3.63) is 65.5 Å². The summed E-state index contributed by atoms with van der Waals surface area (Å²) in [5, 5.41) is 6.75. The third-order valence-corrected chi connectivity index (χ3v) is 6.46. The Morgan fingerprint density at radius 2 is 2.19 bits per heavy atom. The minimum Gasteiger partial charge on any atom is -0.493 e. The van der Waals surface area contributed by atoms with E-state index in [0.717, 1.165) is 11.3 Å². The van der Waals surface area contributed by atoms with E-state index in [4.69, 9.17) is 10.5 Å². The van der Waals surface area contributed by atoms with Gasteiger partial charge in [-0.05, 0) is 31.2 Å². The molecule has 1 spiro atoms. The second-order valence-electron chi connectivity index (χ2n) is 6.63. The molecule has 7 heteroatoms. The molecule has 0 fully saturated rings. The Bertz CT molecular complexity index is 920. The summed E-state index contributed by atoms with van der Waals surface area (Å²) in [5.74, 6) is 0.186. The summed E-state index contributed by atoms with van der Waals surface area (Å²) in [6, 6.07) is 14.0. The van der Waals surface area contributed by atoms with Crippen molar-refractivity contribution in [3.8, 4) is 5.75 Å². The van der Waals surface area contributed by atoms with Gasteiger partial charge in [0.25, 0.3) is 0 Å². The summed E-state index contributed by atoms with van der Waals surface area (Å²) < 4.78 is 19.7. The van der Waals surface area contributed by atoms with Crippen LogP contribution in [-0.2, 0) is 9.67 Å². The van der Waals surface area contributed by atoms with E-state index in [0.29, 0.717) is 30.2 Å². The quantitative estimate of drug-likeness (QED) is 0.880. The van der Waals surface area contributed by atoms with E-state index in [2.05, 4.69) is 5.10 Å². The monoisotopic (exact) mass is 385 g/mol. The zero-order chi connectivity index (χ0) is 19.0. The van der Waals surface area contributed by atoms with E-state index in [-0.39, 0.29) is 17.6 Å². The average Bonchev–Trinajstić information content (AvgIpc) is 3.06. The lowest BCUT2D eigenvalue weighted by Gasteiger charge is -2.45. The van der Waals surface area contributed by atoms with E-state index in [1.807, 2.05) is 24.3 Å². The molecule has 2 heterocycles. The molecule has 2 aliphatic rings. The number of hydrogen-bond acceptors (Lipinski definition) is 5. The van der Waals surface area contributed by atoms with Crippen LogP contribution in [-0.4, -0.2) is 29.1 Å². The summed E-state index contributed by atoms with van der Waals surface area (Å²) in [6.45, 7) is 2.41. The molecule has 0 aromatic heterocycles. The van der Waals surface area contributed by atoms with E-state index in [1.54, 1.807) is 12.1 Å². The van der Waals surface area contributed by atoms with E-state index < -0.39 is 4.87 Å². The molecule has 0 aliphatic carbocycles. The second-order valence-corrected chi connectivity index (χ2v) is 7.84. The van der Waals surface area contributed by atoms with Crippen LogP contribution in [0.15, 0.2) is 53.6 Å². The van der Waals surface area contributed by atoms with E-state index in [1.165, 1.54) is 35.8 Å². The first kappa shape index (κ1) is 18.0. The zero-order valence-electron chi connectivity index (χ0n) is 14.9. The Morgan fingerprint density at radius 3 is 2.93 bits per heavy atom. The van der Waals surface area contributed by atoms with Crippen LogP contribution in [0.1, 0.15) is 24.5 Å². The molecule has 0 saturated carbocycles. The summed E-state index contributed by atoms with van der Waals surface area (Å²) in [6.07, 6.45) is 0.678. The fourth-order valence-corrected chi connectivity index (χ4v) is 5.28. The molecule has 2 atom stereocenters. The number of hydrazone groups is 1. The number of rotatable bonds is 3. The number of carbonyl (C=O) groups excluding carboxylic acids is 1. The second kappa shape index (κ2) is 6.98. The first-order valence-corrected chi connectivity index (χ1v) is 9.64. The van der Waals surface area contributed by atoms with Gasteiger partial charge in [-0.25, -0.2) is 9.40 Å². The van der Waals surface area contributed by atoms with Crippen LogP contribution >= 0.6 is 11.8 Å². The van der Waals surface area contributed by atoms with Gasteiger partial charge in [-0.15, -0.1) is 0 Å². The van der Waals surface area contributed by atoms with Gasteiger partial charge in [-0.3, -0.25) is 4.79 Å². The molecular weight excluding hydrogens is 365 g/mol. The number of carbonyl (C=O) groups is 1. The summed E-state index contributed by atoms with van der Waals surface area (Å²) in [7, 11) is 0. The zero-order valence-corrected chi connectivity index (χ0v) is 15.7. The molecule has 27 heavy (non-hydrogen) atoms. The fourth-order valence-electron chi connectivity index (χ4n) is 3.74. The van der Waals surface area contributed by atoms with Gasteiger partial charge in [0.05, 0.1) is 6.61 Å². The maximum atomic E-state index is 13.8. The van der Waals surface area contributed by atoms with Crippen molar-refractivity contribution >= 4 is 22.7 Å². The molecule has 2 N–H and O–H groups in total. The maximum Gasteiger partial charge on any atom is 0.241 e. The van der Waals surface area contributed by atoms with Crippen molar-refractivity contribution in [2.75, 3.05) is 13.2 Å². The minimum absolute atomic E-state index is 0.0406. The number of benzene rings is 2. The predicted octanol–water partition coefficient (Wildman–Crippen LogP) is 3.29. The lowest BCUT2D eigenvalue weighted by molar-refractivity contribution is -0.134. The standard InChI is InChI=1S/C20H20FN3O2S/c1-13(25)24-20(27-19(23-24)14-5-4-6-16(21)11-14)15(9-10-22)12-26-18-8-3-2-7-17(18)20/h2-8,11,15H,9-10,12,22H2,1H3/t15-,20+/m0/s1. The Labute approximate surface area is 161 Å². The molecule has 0 unspecified atom stereocenters. The number of halogens is 1. The smallest absolute Gasteiger partial charge is 0.241 e. The van der Waals surface area contributed by atoms with Crippen molar-refractivity contribution in [1.82, 2.24) is 5.01 Å². The number of nitrogens with two attached hydrogens (primary N) is 1.